The predicted molar refractivity (Wildman–Crippen MR) is 107 cm³/mol. The van der Waals surface area contributed by atoms with Gasteiger partial charge in [0.15, 0.2) is 6.61 Å². The molecule has 0 bridgehead atoms. The van der Waals surface area contributed by atoms with Crippen molar-refractivity contribution in [3.8, 4) is 0 Å². The summed E-state index contributed by atoms with van der Waals surface area (Å²) in [6, 6.07) is 8.55. The third kappa shape index (κ3) is 6.38. The molecule has 27 heavy (non-hydrogen) atoms. The van der Waals surface area contributed by atoms with E-state index in [1.807, 2.05) is 30.7 Å². The highest BCUT2D eigenvalue weighted by Gasteiger charge is 2.13. The molecule has 0 spiro atoms. The smallest absolute Gasteiger partial charge is 0.331 e. The van der Waals surface area contributed by atoms with Crippen LogP contribution >= 0.6 is 11.3 Å². The molecule has 2 aromatic rings. The highest BCUT2D eigenvalue weighted by atomic mass is 32.1. The van der Waals surface area contributed by atoms with Crippen LogP contribution in [0.4, 0.5) is 5.69 Å². The van der Waals surface area contributed by atoms with Crippen LogP contribution in [0.15, 0.2) is 47.2 Å². The van der Waals surface area contributed by atoms with Gasteiger partial charge in [-0.05, 0) is 60.5 Å². The average molecular weight is 386 g/mol. The summed E-state index contributed by atoms with van der Waals surface area (Å²) in [5.74, 6) is -1.16. The van der Waals surface area contributed by atoms with Gasteiger partial charge in [0.1, 0.15) is 0 Å². The van der Waals surface area contributed by atoms with Crippen molar-refractivity contribution >= 4 is 40.9 Å². The number of carbonyl (C=O) groups is 3. The molecule has 1 heterocycles. The number of ether oxygens (including phenoxy) is 1. The van der Waals surface area contributed by atoms with Crippen molar-refractivity contribution in [2.75, 3.05) is 25.0 Å². The van der Waals surface area contributed by atoms with E-state index < -0.39 is 18.5 Å². The first-order valence-electron chi connectivity index (χ1n) is 8.59. The molecule has 2 amide bonds. The lowest BCUT2D eigenvalue weighted by Crippen LogP contribution is -2.30. The molecule has 0 atom stereocenters. The van der Waals surface area contributed by atoms with E-state index in [9.17, 15) is 14.4 Å². The normalized spacial score (nSPS) is 10.6. The molecule has 0 fully saturated rings. The number of benzene rings is 1. The van der Waals surface area contributed by atoms with E-state index in [0.29, 0.717) is 24.3 Å². The van der Waals surface area contributed by atoms with Gasteiger partial charge in [-0.15, -0.1) is 0 Å². The number of hydrogen-bond donors (Lipinski definition) is 1. The Morgan fingerprint density at radius 3 is 2.63 bits per heavy atom. The third-order valence-electron chi connectivity index (χ3n) is 3.74. The van der Waals surface area contributed by atoms with Crippen molar-refractivity contribution in [2.45, 2.75) is 13.8 Å². The summed E-state index contributed by atoms with van der Waals surface area (Å²) >= 11 is 1.52. The number of anilines is 1. The molecule has 1 aromatic carbocycles. The van der Waals surface area contributed by atoms with E-state index in [1.54, 1.807) is 35.2 Å². The summed E-state index contributed by atoms with van der Waals surface area (Å²) in [6.45, 7) is 4.64. The maximum absolute atomic E-state index is 12.4. The fourth-order valence-electron chi connectivity index (χ4n) is 2.34. The highest BCUT2D eigenvalue weighted by molar-refractivity contribution is 7.08. The Hall–Kier alpha value is -2.93. The molecule has 0 unspecified atom stereocenters. The fourth-order valence-corrected chi connectivity index (χ4v) is 2.97. The van der Waals surface area contributed by atoms with Crippen LogP contribution in [-0.2, 0) is 14.3 Å². The van der Waals surface area contributed by atoms with Crippen LogP contribution in [0.3, 0.4) is 0 Å². The van der Waals surface area contributed by atoms with Gasteiger partial charge in [-0.2, -0.15) is 11.3 Å². The number of thiophene rings is 1. The van der Waals surface area contributed by atoms with E-state index in [2.05, 4.69) is 5.32 Å². The Balaban J connectivity index is 1.87. The zero-order valence-electron chi connectivity index (χ0n) is 15.3. The summed E-state index contributed by atoms with van der Waals surface area (Å²) in [5, 5.41) is 6.42. The van der Waals surface area contributed by atoms with Gasteiger partial charge in [0.05, 0.1) is 0 Å². The Morgan fingerprint density at radius 2 is 1.96 bits per heavy atom. The van der Waals surface area contributed by atoms with E-state index in [1.165, 1.54) is 17.4 Å². The summed E-state index contributed by atoms with van der Waals surface area (Å²) in [5.41, 5.74) is 1.87. The minimum atomic E-state index is -0.596. The van der Waals surface area contributed by atoms with Crippen molar-refractivity contribution in [1.82, 2.24) is 4.90 Å². The molecule has 0 aliphatic carbocycles. The molecule has 6 nitrogen and oxygen atoms in total. The Bertz CT molecular complexity index is 811. The molecule has 1 aromatic heterocycles. The van der Waals surface area contributed by atoms with Crippen LogP contribution in [-0.4, -0.2) is 42.4 Å². The first-order valence-corrected chi connectivity index (χ1v) is 9.54. The van der Waals surface area contributed by atoms with Crippen molar-refractivity contribution in [2.24, 2.45) is 0 Å². The molecule has 7 heteroatoms. The van der Waals surface area contributed by atoms with Gasteiger partial charge in [0, 0.05) is 30.4 Å². The van der Waals surface area contributed by atoms with Crippen LogP contribution in [0.1, 0.15) is 29.8 Å². The first kappa shape index (κ1) is 20.4. The fraction of sp³-hybridized carbons (Fsp3) is 0.250. The van der Waals surface area contributed by atoms with Crippen LogP contribution < -0.4 is 5.32 Å². The zero-order valence-corrected chi connectivity index (χ0v) is 16.1. The number of rotatable bonds is 8. The van der Waals surface area contributed by atoms with Crippen molar-refractivity contribution in [1.29, 1.82) is 0 Å². The number of carbonyl (C=O) groups excluding carboxylic acids is 3. The first-order chi connectivity index (χ1) is 13.0. The maximum atomic E-state index is 12.4. The molecule has 142 valence electrons. The minimum Gasteiger partial charge on any atom is -0.452 e. The standard InChI is InChI=1S/C20H22N2O4S/c1-3-22(4-2)20(25)16-6-5-7-17(12-16)21-18(23)13-26-19(24)9-8-15-10-11-27-14-15/h5-12,14H,3-4,13H2,1-2H3,(H,21,23)/b9-8+. The van der Waals surface area contributed by atoms with Gasteiger partial charge in [-0.3, -0.25) is 9.59 Å². The lowest BCUT2D eigenvalue weighted by Gasteiger charge is -2.19. The summed E-state index contributed by atoms with van der Waals surface area (Å²) in [6.07, 6.45) is 2.90. The number of nitrogens with one attached hydrogen (secondary N) is 1. The third-order valence-corrected chi connectivity index (χ3v) is 4.45. The lowest BCUT2D eigenvalue weighted by molar-refractivity contribution is -0.142. The van der Waals surface area contributed by atoms with Gasteiger partial charge in [-0.25, -0.2) is 4.79 Å². The second-order valence-electron chi connectivity index (χ2n) is 5.60. The highest BCUT2D eigenvalue weighted by Crippen LogP contribution is 2.13. The quantitative estimate of drug-likeness (QED) is 0.557. The van der Waals surface area contributed by atoms with Gasteiger partial charge < -0.3 is 15.0 Å². The molecule has 0 aliphatic rings. The largest absolute Gasteiger partial charge is 0.452 e. The molecule has 1 N–H and O–H groups in total. The number of nitrogens with zero attached hydrogens (tertiary/aromatic N) is 1. The van der Waals surface area contributed by atoms with Crippen molar-refractivity contribution in [3.63, 3.8) is 0 Å². The van der Waals surface area contributed by atoms with Gasteiger partial charge >= 0.3 is 5.97 Å². The molecule has 0 saturated carbocycles. The lowest BCUT2D eigenvalue weighted by atomic mass is 10.1. The number of hydrogen-bond acceptors (Lipinski definition) is 5. The number of esters is 1. The van der Waals surface area contributed by atoms with E-state index in [4.69, 9.17) is 4.74 Å². The summed E-state index contributed by atoms with van der Waals surface area (Å²) in [7, 11) is 0. The molecular formula is C20H22N2O4S. The van der Waals surface area contributed by atoms with Crippen LogP contribution in [0.2, 0.25) is 0 Å². The second-order valence-corrected chi connectivity index (χ2v) is 6.38. The van der Waals surface area contributed by atoms with E-state index >= 15 is 0 Å². The summed E-state index contributed by atoms with van der Waals surface area (Å²) in [4.78, 5) is 37.7. The molecule has 0 saturated heterocycles. The van der Waals surface area contributed by atoms with Crippen molar-refractivity contribution < 1.29 is 19.1 Å². The molecule has 0 aliphatic heterocycles. The molecular weight excluding hydrogens is 364 g/mol. The van der Waals surface area contributed by atoms with E-state index in [0.717, 1.165) is 5.56 Å². The SMILES string of the molecule is CCN(CC)C(=O)c1cccc(NC(=O)COC(=O)/C=C/c2ccsc2)c1. The zero-order chi connectivity index (χ0) is 19.6. The van der Waals surface area contributed by atoms with Crippen LogP contribution in [0.25, 0.3) is 6.08 Å². The van der Waals surface area contributed by atoms with Gasteiger partial charge in [-0.1, -0.05) is 6.07 Å². The number of amides is 2. The molecule has 2 rings (SSSR count). The van der Waals surface area contributed by atoms with Crippen LogP contribution in [0, 0.1) is 0 Å². The Kier molecular flexibility index (Phi) is 7.76. The topological polar surface area (TPSA) is 75.7 Å². The Labute approximate surface area is 162 Å². The van der Waals surface area contributed by atoms with Crippen molar-refractivity contribution in [3.05, 3.63) is 58.3 Å². The Morgan fingerprint density at radius 1 is 1.19 bits per heavy atom. The predicted octanol–water partition coefficient (Wildman–Crippen LogP) is 3.43. The van der Waals surface area contributed by atoms with Crippen LogP contribution in [0.5, 0.6) is 0 Å². The second kappa shape index (κ2) is 10.3. The molecule has 0 radical (unpaired) electrons. The average Bonchev–Trinajstić information content (AvgIpc) is 3.19. The van der Waals surface area contributed by atoms with E-state index in [-0.39, 0.29) is 5.91 Å². The monoisotopic (exact) mass is 386 g/mol. The van der Waals surface area contributed by atoms with Gasteiger partial charge in [0.25, 0.3) is 11.8 Å². The minimum absolute atomic E-state index is 0.0962. The van der Waals surface area contributed by atoms with Gasteiger partial charge in [0.2, 0.25) is 0 Å². The summed E-state index contributed by atoms with van der Waals surface area (Å²) < 4.78 is 4.92. The maximum Gasteiger partial charge on any atom is 0.331 e.